The smallest absolute Gasteiger partial charge is 0.252 e. The SMILES string of the molecule is Cc1cc(=O)[nH]c(NN=C2CCCOc3c2ccc(Cl)c3Cl)n1. The minimum atomic E-state index is -0.236. The summed E-state index contributed by atoms with van der Waals surface area (Å²) in [4.78, 5) is 18.2. The second-order valence-corrected chi connectivity index (χ2v) is 5.88. The van der Waals surface area contributed by atoms with Crippen molar-refractivity contribution in [2.45, 2.75) is 19.8 Å². The van der Waals surface area contributed by atoms with E-state index < -0.39 is 0 Å². The first kappa shape index (κ1) is 15.8. The molecule has 0 amide bonds. The summed E-state index contributed by atoms with van der Waals surface area (Å²) in [6.45, 7) is 2.27. The Kier molecular flexibility index (Phi) is 4.54. The fourth-order valence-corrected chi connectivity index (χ4v) is 2.69. The molecule has 0 unspecified atom stereocenters. The van der Waals surface area contributed by atoms with Gasteiger partial charge in [-0.25, -0.2) is 10.4 Å². The lowest BCUT2D eigenvalue weighted by Gasteiger charge is -2.11. The zero-order valence-corrected chi connectivity index (χ0v) is 13.8. The van der Waals surface area contributed by atoms with Gasteiger partial charge in [0.25, 0.3) is 5.56 Å². The highest BCUT2D eigenvalue weighted by Crippen LogP contribution is 2.37. The predicted octanol–water partition coefficient (Wildman–Crippen LogP) is 3.37. The Bertz CT molecular complexity index is 833. The van der Waals surface area contributed by atoms with Gasteiger partial charge in [0.2, 0.25) is 5.95 Å². The van der Waals surface area contributed by atoms with Crippen LogP contribution in [0.5, 0.6) is 5.75 Å². The van der Waals surface area contributed by atoms with Crippen molar-refractivity contribution in [1.82, 2.24) is 9.97 Å². The molecule has 0 saturated heterocycles. The van der Waals surface area contributed by atoms with Gasteiger partial charge in [-0.3, -0.25) is 9.78 Å². The van der Waals surface area contributed by atoms with Gasteiger partial charge in [-0.1, -0.05) is 23.2 Å². The number of hydrogen-bond donors (Lipinski definition) is 2. The van der Waals surface area contributed by atoms with Crippen LogP contribution >= 0.6 is 23.2 Å². The highest BCUT2D eigenvalue weighted by Gasteiger charge is 2.20. The largest absolute Gasteiger partial charge is 0.491 e. The third-order valence-corrected chi connectivity index (χ3v) is 4.12. The molecule has 1 aliphatic heterocycles. The molecule has 8 heteroatoms. The molecule has 0 saturated carbocycles. The molecule has 0 fully saturated rings. The maximum absolute atomic E-state index is 11.5. The number of anilines is 1. The number of hydrazone groups is 1. The summed E-state index contributed by atoms with van der Waals surface area (Å²) in [6.07, 6.45) is 1.49. The standard InChI is InChI=1S/C15H14Cl2N4O2/c1-8-7-12(22)19-15(18-8)21-20-11-3-2-6-23-14-9(11)4-5-10(16)13(14)17/h4-5,7H,2-3,6H2,1H3,(H2,18,19,21,22). The average molecular weight is 353 g/mol. The zero-order chi connectivity index (χ0) is 16.4. The molecular formula is C15H14Cl2N4O2. The zero-order valence-electron chi connectivity index (χ0n) is 12.3. The second kappa shape index (κ2) is 6.60. The number of fused-ring (bicyclic) bond motifs is 1. The van der Waals surface area contributed by atoms with Gasteiger partial charge in [-0.15, -0.1) is 0 Å². The van der Waals surface area contributed by atoms with E-state index in [1.165, 1.54) is 6.07 Å². The average Bonchev–Trinajstić information content (AvgIpc) is 2.70. The lowest BCUT2D eigenvalue weighted by molar-refractivity contribution is 0.318. The van der Waals surface area contributed by atoms with E-state index in [1.807, 2.05) is 6.07 Å². The minimum Gasteiger partial charge on any atom is -0.491 e. The van der Waals surface area contributed by atoms with Crippen molar-refractivity contribution in [1.29, 1.82) is 0 Å². The van der Waals surface area contributed by atoms with Crippen molar-refractivity contribution < 1.29 is 4.74 Å². The number of hydrogen-bond acceptors (Lipinski definition) is 5. The van der Waals surface area contributed by atoms with E-state index in [0.29, 0.717) is 34.5 Å². The molecule has 1 aromatic carbocycles. The van der Waals surface area contributed by atoms with Crippen molar-refractivity contribution in [2.75, 3.05) is 12.0 Å². The minimum absolute atomic E-state index is 0.236. The molecule has 0 atom stereocenters. The molecule has 3 rings (SSSR count). The number of aryl methyl sites for hydroxylation is 1. The number of nitrogens with zero attached hydrogens (tertiary/aromatic N) is 2. The van der Waals surface area contributed by atoms with E-state index >= 15 is 0 Å². The molecule has 2 aromatic rings. The van der Waals surface area contributed by atoms with Gasteiger partial charge in [0.05, 0.1) is 17.3 Å². The van der Waals surface area contributed by atoms with E-state index in [2.05, 4.69) is 20.5 Å². The van der Waals surface area contributed by atoms with Gasteiger partial charge in [0.1, 0.15) is 10.8 Å². The van der Waals surface area contributed by atoms with Crippen LogP contribution in [-0.2, 0) is 0 Å². The van der Waals surface area contributed by atoms with Gasteiger partial charge in [0, 0.05) is 17.3 Å². The molecule has 6 nitrogen and oxygen atoms in total. The van der Waals surface area contributed by atoms with Gasteiger partial charge in [-0.05, 0) is 31.9 Å². The maximum Gasteiger partial charge on any atom is 0.252 e. The van der Waals surface area contributed by atoms with Gasteiger partial charge in [0.15, 0.2) is 0 Å². The Balaban J connectivity index is 1.97. The van der Waals surface area contributed by atoms with Crippen LogP contribution < -0.4 is 15.7 Å². The number of benzene rings is 1. The first-order valence-corrected chi connectivity index (χ1v) is 7.82. The summed E-state index contributed by atoms with van der Waals surface area (Å²) in [5.41, 5.74) is 4.70. The van der Waals surface area contributed by atoms with Crippen LogP contribution in [0, 0.1) is 6.92 Å². The van der Waals surface area contributed by atoms with E-state index in [-0.39, 0.29) is 11.5 Å². The molecule has 0 aliphatic carbocycles. The van der Waals surface area contributed by atoms with Crippen molar-refractivity contribution in [2.24, 2.45) is 5.10 Å². The summed E-state index contributed by atoms with van der Waals surface area (Å²) in [5, 5.41) is 5.17. The number of aromatic nitrogens is 2. The number of rotatable bonds is 2. The Morgan fingerprint density at radius 2 is 2.22 bits per heavy atom. The Hall–Kier alpha value is -2.05. The summed E-state index contributed by atoms with van der Waals surface area (Å²) in [6, 6.07) is 4.94. The Morgan fingerprint density at radius 1 is 1.39 bits per heavy atom. The number of halogens is 2. The van der Waals surface area contributed by atoms with Gasteiger partial charge in [-0.2, -0.15) is 5.10 Å². The molecule has 2 heterocycles. The van der Waals surface area contributed by atoms with Crippen LogP contribution in [0.1, 0.15) is 24.1 Å². The highest BCUT2D eigenvalue weighted by atomic mass is 35.5. The molecule has 2 N–H and O–H groups in total. The van der Waals surface area contributed by atoms with E-state index in [1.54, 1.807) is 13.0 Å². The molecule has 120 valence electrons. The predicted molar refractivity (Wildman–Crippen MR) is 90.9 cm³/mol. The van der Waals surface area contributed by atoms with Crippen LogP contribution in [0.4, 0.5) is 5.95 Å². The molecule has 0 radical (unpaired) electrons. The van der Waals surface area contributed by atoms with E-state index in [4.69, 9.17) is 27.9 Å². The molecule has 1 aromatic heterocycles. The normalized spacial score (nSPS) is 15.7. The van der Waals surface area contributed by atoms with Crippen molar-refractivity contribution >= 4 is 34.9 Å². The van der Waals surface area contributed by atoms with Crippen LogP contribution in [0.2, 0.25) is 10.0 Å². The molecule has 23 heavy (non-hydrogen) atoms. The van der Waals surface area contributed by atoms with Crippen LogP contribution in [0.3, 0.4) is 0 Å². The topological polar surface area (TPSA) is 79.4 Å². The van der Waals surface area contributed by atoms with Crippen molar-refractivity contribution in [3.63, 3.8) is 0 Å². The Labute approximate surface area is 142 Å². The highest BCUT2D eigenvalue weighted by molar-refractivity contribution is 6.43. The van der Waals surface area contributed by atoms with Crippen molar-refractivity contribution in [3.05, 3.63) is 49.9 Å². The molecular weight excluding hydrogens is 339 g/mol. The third-order valence-electron chi connectivity index (χ3n) is 3.33. The van der Waals surface area contributed by atoms with E-state index in [0.717, 1.165) is 17.7 Å². The molecule has 1 aliphatic rings. The van der Waals surface area contributed by atoms with Gasteiger partial charge >= 0.3 is 0 Å². The summed E-state index contributed by atoms with van der Waals surface area (Å²) < 4.78 is 5.68. The monoisotopic (exact) mass is 352 g/mol. The van der Waals surface area contributed by atoms with Crippen molar-refractivity contribution in [3.8, 4) is 5.75 Å². The van der Waals surface area contributed by atoms with Crippen LogP contribution in [0.25, 0.3) is 0 Å². The first-order valence-electron chi connectivity index (χ1n) is 7.06. The lowest BCUT2D eigenvalue weighted by Crippen LogP contribution is -2.12. The van der Waals surface area contributed by atoms with Crippen LogP contribution in [-0.4, -0.2) is 22.3 Å². The van der Waals surface area contributed by atoms with E-state index in [9.17, 15) is 4.79 Å². The lowest BCUT2D eigenvalue weighted by atomic mass is 10.1. The fourth-order valence-electron chi connectivity index (χ4n) is 2.32. The second-order valence-electron chi connectivity index (χ2n) is 5.10. The summed E-state index contributed by atoms with van der Waals surface area (Å²) >= 11 is 12.3. The van der Waals surface area contributed by atoms with Gasteiger partial charge < -0.3 is 4.74 Å². The number of aromatic amines is 1. The quantitative estimate of drug-likeness (QED) is 0.812. The fraction of sp³-hybridized carbons (Fsp3) is 0.267. The first-order chi connectivity index (χ1) is 11.0. The van der Waals surface area contributed by atoms with Crippen LogP contribution in [0.15, 0.2) is 28.1 Å². The molecule has 0 bridgehead atoms. The summed E-state index contributed by atoms with van der Waals surface area (Å²) in [5.74, 6) is 0.817. The summed E-state index contributed by atoms with van der Waals surface area (Å²) in [7, 11) is 0. The number of H-pyrrole nitrogens is 1. The number of ether oxygens (including phenoxy) is 1. The number of nitrogens with one attached hydrogen (secondary N) is 2. The third kappa shape index (κ3) is 3.48. The Morgan fingerprint density at radius 3 is 3.00 bits per heavy atom. The molecule has 0 spiro atoms. The maximum atomic E-state index is 11.5.